The second-order valence-corrected chi connectivity index (χ2v) is 7.56. The Balaban J connectivity index is 2.95. The van der Waals surface area contributed by atoms with Crippen LogP contribution in [0.25, 0.3) is 0 Å². The van der Waals surface area contributed by atoms with Gasteiger partial charge >= 0.3 is 0 Å². The Bertz CT molecular complexity index is 600. The Morgan fingerprint density at radius 2 is 2.00 bits per heavy atom. The van der Waals surface area contributed by atoms with Crippen LogP contribution in [0.4, 0.5) is 5.69 Å². The summed E-state index contributed by atoms with van der Waals surface area (Å²) in [6, 6.07) is 3.49. The number of benzene rings is 1. The monoisotopic (exact) mass is 318 g/mol. The largest absolute Gasteiger partial charge is 0.323 e. The van der Waals surface area contributed by atoms with Gasteiger partial charge in [0.1, 0.15) is 0 Å². The molecule has 3 N–H and O–H groups in total. The molecule has 0 spiro atoms. The molecule has 0 aliphatic carbocycles. The molecule has 0 aromatic heterocycles. The summed E-state index contributed by atoms with van der Waals surface area (Å²) in [6.07, 6.45) is 1.63. The van der Waals surface area contributed by atoms with Crippen LogP contribution in [0.1, 0.15) is 20.3 Å². The first kappa shape index (κ1) is 16.9. The second-order valence-electron chi connectivity index (χ2n) is 5.14. The molecule has 0 bridgehead atoms. The molecular weight excluding hydrogens is 300 g/mol. The third-order valence-electron chi connectivity index (χ3n) is 2.69. The summed E-state index contributed by atoms with van der Waals surface area (Å²) in [5, 5.41) is 2.83. The number of carbonyl (C=O) groups excluding carboxylic acids is 1. The molecule has 1 aromatic carbocycles. The van der Waals surface area contributed by atoms with Gasteiger partial charge in [0, 0.05) is 6.26 Å². The standard InChI is InChI=1S/C13H19ClN2O3S/c1-8(2)6-11(15)13(17)16-12-7-9(20(3,18)19)4-5-10(12)14/h4-5,7-8,11H,6,15H2,1-3H3,(H,16,17)/t11-/m1/s1. The van der Waals surface area contributed by atoms with Crippen LogP contribution >= 0.6 is 11.6 Å². The van der Waals surface area contributed by atoms with E-state index in [1.807, 2.05) is 13.8 Å². The topological polar surface area (TPSA) is 89.3 Å². The van der Waals surface area contributed by atoms with Gasteiger partial charge in [-0.2, -0.15) is 0 Å². The molecule has 0 radical (unpaired) electrons. The lowest BCUT2D eigenvalue weighted by atomic mass is 10.0. The molecule has 0 saturated carbocycles. The van der Waals surface area contributed by atoms with Gasteiger partial charge in [-0.05, 0) is 30.5 Å². The molecule has 20 heavy (non-hydrogen) atoms. The fourth-order valence-electron chi connectivity index (χ4n) is 1.67. The van der Waals surface area contributed by atoms with Gasteiger partial charge in [0.05, 0.1) is 21.6 Å². The van der Waals surface area contributed by atoms with Crippen molar-refractivity contribution in [3.8, 4) is 0 Å². The highest BCUT2D eigenvalue weighted by molar-refractivity contribution is 7.90. The Hall–Kier alpha value is -1.11. The van der Waals surface area contributed by atoms with Gasteiger partial charge in [-0.25, -0.2) is 8.42 Å². The van der Waals surface area contributed by atoms with Crippen molar-refractivity contribution in [2.45, 2.75) is 31.2 Å². The average Bonchev–Trinajstić information content (AvgIpc) is 2.29. The maximum absolute atomic E-state index is 11.9. The first-order chi connectivity index (χ1) is 9.11. The van der Waals surface area contributed by atoms with E-state index >= 15 is 0 Å². The number of halogens is 1. The molecule has 0 unspecified atom stereocenters. The first-order valence-electron chi connectivity index (χ1n) is 6.17. The quantitative estimate of drug-likeness (QED) is 0.869. The normalized spacial score (nSPS) is 13.3. The maximum Gasteiger partial charge on any atom is 0.241 e. The zero-order valence-electron chi connectivity index (χ0n) is 11.7. The van der Waals surface area contributed by atoms with Gasteiger partial charge < -0.3 is 11.1 Å². The van der Waals surface area contributed by atoms with E-state index in [1.165, 1.54) is 18.2 Å². The van der Waals surface area contributed by atoms with Crippen LogP contribution < -0.4 is 11.1 Å². The predicted molar refractivity (Wildman–Crippen MR) is 80.6 cm³/mol. The van der Waals surface area contributed by atoms with E-state index in [4.69, 9.17) is 17.3 Å². The van der Waals surface area contributed by atoms with Crippen LogP contribution in [-0.2, 0) is 14.6 Å². The van der Waals surface area contributed by atoms with Gasteiger partial charge in [0.2, 0.25) is 5.91 Å². The highest BCUT2D eigenvalue weighted by Gasteiger charge is 2.17. The minimum atomic E-state index is -3.36. The summed E-state index contributed by atoms with van der Waals surface area (Å²) < 4.78 is 23.0. The number of amides is 1. The number of nitrogens with one attached hydrogen (secondary N) is 1. The highest BCUT2D eigenvalue weighted by atomic mass is 35.5. The molecule has 7 heteroatoms. The van der Waals surface area contributed by atoms with Crippen molar-refractivity contribution in [2.24, 2.45) is 11.7 Å². The van der Waals surface area contributed by atoms with Crippen LogP contribution in [0.3, 0.4) is 0 Å². The van der Waals surface area contributed by atoms with Crippen LogP contribution in [0.2, 0.25) is 5.02 Å². The van der Waals surface area contributed by atoms with Crippen molar-refractivity contribution in [2.75, 3.05) is 11.6 Å². The average molecular weight is 319 g/mol. The van der Waals surface area contributed by atoms with E-state index in [1.54, 1.807) is 0 Å². The van der Waals surface area contributed by atoms with Crippen LogP contribution in [0.15, 0.2) is 23.1 Å². The molecule has 0 fully saturated rings. The number of hydrogen-bond donors (Lipinski definition) is 2. The van der Waals surface area contributed by atoms with Crippen molar-refractivity contribution >= 4 is 33.0 Å². The van der Waals surface area contributed by atoms with Crippen molar-refractivity contribution in [3.63, 3.8) is 0 Å². The van der Waals surface area contributed by atoms with E-state index in [9.17, 15) is 13.2 Å². The summed E-state index contributed by atoms with van der Waals surface area (Å²) in [5.74, 6) is -0.0974. The summed E-state index contributed by atoms with van der Waals surface area (Å²) in [6.45, 7) is 3.93. The molecule has 0 saturated heterocycles. The molecule has 0 heterocycles. The lowest BCUT2D eigenvalue weighted by Gasteiger charge is -2.15. The molecule has 112 valence electrons. The molecular formula is C13H19ClN2O3S. The number of nitrogens with two attached hydrogens (primary N) is 1. The fourth-order valence-corrected chi connectivity index (χ4v) is 2.48. The zero-order chi connectivity index (χ0) is 15.5. The molecule has 0 aliphatic rings. The number of carbonyl (C=O) groups is 1. The van der Waals surface area contributed by atoms with Crippen molar-refractivity contribution in [1.82, 2.24) is 0 Å². The zero-order valence-corrected chi connectivity index (χ0v) is 13.3. The minimum Gasteiger partial charge on any atom is -0.323 e. The van der Waals surface area contributed by atoms with E-state index < -0.39 is 15.9 Å². The Kier molecular flexibility index (Phi) is 5.56. The lowest BCUT2D eigenvalue weighted by Crippen LogP contribution is -2.36. The Morgan fingerprint density at radius 3 is 2.50 bits per heavy atom. The molecule has 0 aliphatic heterocycles. The van der Waals surface area contributed by atoms with Crippen molar-refractivity contribution < 1.29 is 13.2 Å². The van der Waals surface area contributed by atoms with Crippen molar-refractivity contribution in [1.29, 1.82) is 0 Å². The predicted octanol–water partition coefficient (Wildman–Crippen LogP) is 2.06. The molecule has 1 rings (SSSR count). The summed E-state index contributed by atoms with van der Waals surface area (Å²) in [4.78, 5) is 12.0. The molecule has 1 atom stereocenters. The SMILES string of the molecule is CC(C)C[C@@H](N)C(=O)Nc1cc(S(C)(=O)=O)ccc1Cl. The van der Waals surface area contributed by atoms with Gasteiger partial charge in [-0.1, -0.05) is 25.4 Å². The number of rotatable bonds is 5. The van der Waals surface area contributed by atoms with Crippen LogP contribution in [0, 0.1) is 5.92 Å². The summed E-state index contributed by atoms with van der Waals surface area (Å²) in [5.41, 5.74) is 6.02. The Morgan fingerprint density at radius 1 is 1.40 bits per heavy atom. The van der Waals surface area contributed by atoms with E-state index in [-0.39, 0.29) is 27.4 Å². The number of anilines is 1. The highest BCUT2D eigenvalue weighted by Crippen LogP contribution is 2.25. The van der Waals surface area contributed by atoms with Crippen LogP contribution in [0.5, 0.6) is 0 Å². The van der Waals surface area contributed by atoms with E-state index in [0.29, 0.717) is 6.42 Å². The summed E-state index contributed by atoms with van der Waals surface area (Å²) in [7, 11) is -3.36. The van der Waals surface area contributed by atoms with E-state index in [0.717, 1.165) is 6.26 Å². The Labute approximate surface area is 124 Å². The van der Waals surface area contributed by atoms with E-state index in [2.05, 4.69) is 5.32 Å². The van der Waals surface area contributed by atoms with Gasteiger partial charge in [-0.15, -0.1) is 0 Å². The van der Waals surface area contributed by atoms with Gasteiger partial charge in [0.15, 0.2) is 9.84 Å². The molecule has 1 aromatic rings. The second kappa shape index (κ2) is 6.56. The molecule has 5 nitrogen and oxygen atoms in total. The summed E-state index contributed by atoms with van der Waals surface area (Å²) >= 11 is 5.95. The van der Waals surface area contributed by atoms with Gasteiger partial charge in [0.25, 0.3) is 0 Å². The number of hydrogen-bond acceptors (Lipinski definition) is 4. The molecule has 1 amide bonds. The van der Waals surface area contributed by atoms with Crippen molar-refractivity contribution in [3.05, 3.63) is 23.2 Å². The first-order valence-corrected chi connectivity index (χ1v) is 8.44. The number of sulfone groups is 1. The van der Waals surface area contributed by atoms with Gasteiger partial charge in [-0.3, -0.25) is 4.79 Å². The fraction of sp³-hybridized carbons (Fsp3) is 0.462. The van der Waals surface area contributed by atoms with Crippen LogP contribution in [-0.4, -0.2) is 26.6 Å². The smallest absolute Gasteiger partial charge is 0.241 e. The minimum absolute atomic E-state index is 0.0923. The lowest BCUT2D eigenvalue weighted by molar-refractivity contribution is -0.117. The third kappa shape index (κ3) is 4.77. The third-order valence-corrected chi connectivity index (χ3v) is 4.13. The maximum atomic E-state index is 11.9.